The summed E-state index contributed by atoms with van der Waals surface area (Å²) in [5.41, 5.74) is 0.762. The van der Waals surface area contributed by atoms with E-state index in [2.05, 4.69) is 16.0 Å². The van der Waals surface area contributed by atoms with Gasteiger partial charge in [0.05, 0.1) is 28.8 Å². The van der Waals surface area contributed by atoms with Gasteiger partial charge in [-0.05, 0) is 25.5 Å². The number of amides is 3. The average molecular weight is 498 g/mol. The maximum Gasteiger partial charge on any atom is 0.258 e. The Morgan fingerprint density at radius 2 is 1.94 bits per heavy atom. The fourth-order valence-corrected chi connectivity index (χ4v) is 5.02. The average Bonchev–Trinajstić information content (AvgIpc) is 3.17. The molecule has 3 N–H and O–H groups in total. The lowest BCUT2D eigenvalue weighted by Crippen LogP contribution is -2.38. The van der Waals surface area contributed by atoms with Gasteiger partial charge in [0.15, 0.2) is 6.61 Å². The molecule has 1 aliphatic rings. The quantitative estimate of drug-likeness (QED) is 0.336. The molecule has 3 unspecified atom stereocenters. The van der Waals surface area contributed by atoms with Crippen molar-refractivity contribution in [3.8, 4) is 24.0 Å². The number of nitrogens with one attached hydrogen (secondary N) is 3. The van der Waals surface area contributed by atoms with Gasteiger partial charge in [-0.2, -0.15) is 15.8 Å². The second-order valence-electron chi connectivity index (χ2n) is 7.46. The maximum absolute atomic E-state index is 12.9. The highest BCUT2D eigenvalue weighted by Gasteiger charge is 2.40. The SMILES string of the molecule is CCN1C(=O)C(CCNc2cccc(OCC(=O)NCC#N)c2)SC1CC(C#N)C(=O)NCC#N. The molecule has 35 heavy (non-hydrogen) atoms. The lowest BCUT2D eigenvalue weighted by atomic mass is 10.1. The van der Waals surface area contributed by atoms with Crippen molar-refractivity contribution in [1.82, 2.24) is 15.5 Å². The first-order valence-electron chi connectivity index (χ1n) is 11.0. The number of benzene rings is 1. The van der Waals surface area contributed by atoms with Gasteiger partial charge in [-0.3, -0.25) is 14.4 Å². The Hall–Kier alpha value is -3.95. The van der Waals surface area contributed by atoms with Gasteiger partial charge < -0.3 is 25.6 Å². The summed E-state index contributed by atoms with van der Waals surface area (Å²) in [5.74, 6) is -1.38. The van der Waals surface area contributed by atoms with Crippen molar-refractivity contribution in [3.05, 3.63) is 24.3 Å². The van der Waals surface area contributed by atoms with E-state index in [0.29, 0.717) is 25.3 Å². The van der Waals surface area contributed by atoms with Gasteiger partial charge in [-0.15, -0.1) is 11.8 Å². The molecule has 1 heterocycles. The molecule has 1 aliphatic heterocycles. The first-order chi connectivity index (χ1) is 16.9. The van der Waals surface area contributed by atoms with Crippen LogP contribution in [0.15, 0.2) is 24.3 Å². The van der Waals surface area contributed by atoms with E-state index in [-0.39, 0.29) is 42.6 Å². The van der Waals surface area contributed by atoms with Crippen molar-refractivity contribution >= 4 is 35.2 Å². The molecular weight excluding hydrogens is 470 g/mol. The predicted octanol–water partition coefficient (Wildman–Crippen LogP) is 0.967. The van der Waals surface area contributed by atoms with E-state index in [1.54, 1.807) is 23.1 Å². The minimum Gasteiger partial charge on any atom is -0.484 e. The Labute approximate surface area is 208 Å². The van der Waals surface area contributed by atoms with Crippen molar-refractivity contribution in [2.24, 2.45) is 5.92 Å². The van der Waals surface area contributed by atoms with E-state index in [1.165, 1.54) is 11.8 Å². The molecular formula is C23H27N7O4S. The number of hydrogen-bond donors (Lipinski definition) is 3. The Balaban J connectivity index is 1.87. The summed E-state index contributed by atoms with van der Waals surface area (Å²) >= 11 is 1.44. The van der Waals surface area contributed by atoms with Crippen LogP contribution in [0, 0.1) is 39.9 Å². The van der Waals surface area contributed by atoms with Crippen LogP contribution in [0.2, 0.25) is 0 Å². The topological polar surface area (TPSA) is 171 Å². The van der Waals surface area contributed by atoms with E-state index in [9.17, 15) is 19.6 Å². The van der Waals surface area contributed by atoms with Crippen LogP contribution in [-0.2, 0) is 14.4 Å². The zero-order chi connectivity index (χ0) is 25.6. The van der Waals surface area contributed by atoms with Gasteiger partial charge in [0, 0.05) is 31.3 Å². The van der Waals surface area contributed by atoms with E-state index in [0.717, 1.165) is 5.69 Å². The molecule has 184 valence electrons. The van der Waals surface area contributed by atoms with Crippen molar-refractivity contribution in [1.29, 1.82) is 15.8 Å². The number of carbonyl (C=O) groups excluding carboxylic acids is 3. The fourth-order valence-electron chi connectivity index (χ4n) is 3.43. The van der Waals surface area contributed by atoms with E-state index < -0.39 is 17.7 Å². The van der Waals surface area contributed by atoms with Gasteiger partial charge in [-0.25, -0.2) is 0 Å². The number of nitriles is 3. The van der Waals surface area contributed by atoms with Gasteiger partial charge >= 0.3 is 0 Å². The first-order valence-corrected chi connectivity index (χ1v) is 12.0. The molecule has 1 fully saturated rings. The highest BCUT2D eigenvalue weighted by Crippen LogP contribution is 2.37. The number of rotatable bonds is 13. The monoisotopic (exact) mass is 497 g/mol. The Kier molecular flexibility index (Phi) is 11.2. The molecule has 1 aromatic rings. The second kappa shape index (κ2) is 14.3. The molecule has 12 heteroatoms. The van der Waals surface area contributed by atoms with Crippen LogP contribution in [0.5, 0.6) is 5.75 Å². The normalized spacial score (nSPS) is 17.4. The van der Waals surface area contributed by atoms with Crippen LogP contribution in [0.4, 0.5) is 5.69 Å². The number of ether oxygens (including phenoxy) is 1. The van der Waals surface area contributed by atoms with Gasteiger partial charge in [0.25, 0.3) is 5.91 Å². The number of thioether (sulfide) groups is 1. The summed E-state index contributed by atoms with van der Waals surface area (Å²) in [6.45, 7) is 2.38. The highest BCUT2D eigenvalue weighted by atomic mass is 32.2. The standard InChI is InChI=1S/C23H27N7O4S/c1-2-30-21(12-16(14-26)22(32)29-11-8-25)35-19(23(30)33)6-9-27-17-4-3-5-18(13-17)34-15-20(31)28-10-7-24/h3-5,13,16,19,21,27H,2,6,9-12,15H2,1H3,(H,28,31)(H,29,32). The smallest absolute Gasteiger partial charge is 0.258 e. The fraction of sp³-hybridized carbons (Fsp3) is 0.478. The van der Waals surface area contributed by atoms with Crippen molar-refractivity contribution in [3.63, 3.8) is 0 Å². The Morgan fingerprint density at radius 1 is 1.20 bits per heavy atom. The summed E-state index contributed by atoms with van der Waals surface area (Å²) in [6.07, 6.45) is 0.735. The molecule has 11 nitrogen and oxygen atoms in total. The molecule has 1 saturated heterocycles. The summed E-state index contributed by atoms with van der Waals surface area (Å²) in [7, 11) is 0. The molecule has 0 bridgehead atoms. The number of nitrogens with zero attached hydrogens (tertiary/aromatic N) is 4. The molecule has 2 rings (SSSR count). The lowest BCUT2D eigenvalue weighted by Gasteiger charge is -2.23. The van der Waals surface area contributed by atoms with Gasteiger partial charge in [-0.1, -0.05) is 6.07 Å². The molecule has 3 amide bonds. The third-order valence-electron chi connectivity index (χ3n) is 5.12. The van der Waals surface area contributed by atoms with Crippen LogP contribution >= 0.6 is 11.8 Å². The van der Waals surface area contributed by atoms with Crippen LogP contribution in [0.25, 0.3) is 0 Å². The molecule has 0 radical (unpaired) electrons. The van der Waals surface area contributed by atoms with Gasteiger partial charge in [0.1, 0.15) is 24.8 Å². The Bertz CT molecular complexity index is 1030. The first kappa shape index (κ1) is 27.3. The van der Waals surface area contributed by atoms with Crippen LogP contribution in [0.3, 0.4) is 0 Å². The summed E-state index contributed by atoms with van der Waals surface area (Å²) < 4.78 is 5.43. The van der Waals surface area contributed by atoms with E-state index >= 15 is 0 Å². The van der Waals surface area contributed by atoms with Crippen molar-refractivity contribution < 1.29 is 19.1 Å². The molecule has 0 spiro atoms. The highest BCUT2D eigenvalue weighted by molar-refractivity contribution is 8.01. The number of anilines is 1. The minimum absolute atomic E-state index is 0.0288. The largest absolute Gasteiger partial charge is 0.484 e. The predicted molar refractivity (Wildman–Crippen MR) is 129 cm³/mol. The van der Waals surface area contributed by atoms with Crippen LogP contribution < -0.4 is 20.7 Å². The van der Waals surface area contributed by atoms with Crippen molar-refractivity contribution in [2.75, 3.05) is 38.1 Å². The van der Waals surface area contributed by atoms with Crippen LogP contribution in [-0.4, -0.2) is 66.0 Å². The zero-order valence-electron chi connectivity index (χ0n) is 19.3. The summed E-state index contributed by atoms with van der Waals surface area (Å²) in [4.78, 5) is 38.2. The number of hydrogen-bond acceptors (Lipinski definition) is 9. The molecule has 1 aromatic carbocycles. The number of carbonyl (C=O) groups is 3. The molecule has 0 saturated carbocycles. The van der Waals surface area contributed by atoms with E-state index in [4.69, 9.17) is 15.3 Å². The summed E-state index contributed by atoms with van der Waals surface area (Å²) in [5, 5.41) is 33.9. The summed E-state index contributed by atoms with van der Waals surface area (Å²) in [6, 6.07) is 12.7. The maximum atomic E-state index is 12.9. The van der Waals surface area contributed by atoms with Crippen molar-refractivity contribution in [2.45, 2.75) is 30.4 Å². The van der Waals surface area contributed by atoms with Gasteiger partial charge in [0.2, 0.25) is 11.8 Å². The minimum atomic E-state index is -0.940. The molecule has 3 atom stereocenters. The molecule has 0 aliphatic carbocycles. The lowest BCUT2D eigenvalue weighted by molar-refractivity contribution is -0.131. The Morgan fingerprint density at radius 3 is 2.63 bits per heavy atom. The van der Waals surface area contributed by atoms with E-state index in [1.807, 2.05) is 31.2 Å². The third kappa shape index (κ3) is 8.40. The zero-order valence-corrected chi connectivity index (χ0v) is 20.1. The second-order valence-corrected chi connectivity index (χ2v) is 8.85. The third-order valence-corrected chi connectivity index (χ3v) is 6.65. The van der Waals surface area contributed by atoms with Crippen LogP contribution in [0.1, 0.15) is 19.8 Å². The molecule has 0 aromatic heterocycles.